The van der Waals surface area contributed by atoms with E-state index in [9.17, 15) is 25.9 Å². The van der Waals surface area contributed by atoms with Crippen LogP contribution in [0, 0.1) is 0 Å². The van der Waals surface area contributed by atoms with E-state index in [4.69, 9.17) is 4.74 Å². The second kappa shape index (κ2) is 11.2. The van der Waals surface area contributed by atoms with Crippen LogP contribution in [-0.4, -0.2) is 31.8 Å². The Kier molecular flexibility index (Phi) is 8.25. The van der Waals surface area contributed by atoms with Crippen molar-refractivity contribution in [2.45, 2.75) is 5.88 Å². The minimum atomic E-state index is -4.74. The molecule has 0 unspecified atom stereocenters. The Balaban J connectivity index is 0.00000323. The fourth-order valence-corrected chi connectivity index (χ4v) is 7.04. The van der Waals surface area contributed by atoms with E-state index in [1.807, 2.05) is 72.8 Å². The van der Waals surface area contributed by atoms with Gasteiger partial charge in [0, 0.05) is 0 Å². The van der Waals surface area contributed by atoms with Crippen molar-refractivity contribution in [3.8, 4) is 16.9 Å². The summed E-state index contributed by atoms with van der Waals surface area (Å²) in [6.45, 7) is 0. The SMILES string of the molecule is O=S(=O)([O-])CN1C(=Cc2sc3ccc4ccccc4c3[n+]2CS(=O)(=O)[O-])Oc2ccc(-c3ccccc3)cc21.[K+]. The summed E-state index contributed by atoms with van der Waals surface area (Å²) >= 11 is 1.21. The molecule has 5 aromatic rings. The standard InChI is InChI=1S/C27H20N2O7S3.K/c30-38(31,32)16-28-22-14-20(18-6-2-1-3-7-18)10-12-23(22)36-25(28)15-26-29(17-39(33,34)35)27-21-9-5-4-8-19(21)11-13-24(27)37-26;/h1-15H,16-17H2,(H-,30,31,32,33,34,35);/q;+1/p-1. The molecule has 1 aliphatic heterocycles. The van der Waals surface area contributed by atoms with Gasteiger partial charge in [-0.05, 0) is 40.8 Å². The number of thiazole rings is 1. The molecule has 0 fully saturated rings. The first kappa shape index (κ1) is 29.3. The summed E-state index contributed by atoms with van der Waals surface area (Å²) in [4.78, 5) is 1.24. The Labute approximate surface area is 277 Å². The number of fused-ring (bicyclic) bond motifs is 4. The van der Waals surface area contributed by atoms with Crippen LogP contribution in [0.5, 0.6) is 5.75 Å². The zero-order valence-corrected chi connectivity index (χ0v) is 26.6. The Bertz CT molecular complexity index is 2010. The second-order valence-electron chi connectivity index (χ2n) is 8.94. The summed E-state index contributed by atoms with van der Waals surface area (Å²) in [5.41, 5.74) is 2.59. The number of nitrogens with zero attached hydrogens (tertiary/aromatic N) is 2. The van der Waals surface area contributed by atoms with E-state index >= 15 is 0 Å². The third kappa shape index (κ3) is 6.04. The minimum Gasteiger partial charge on any atom is -0.747 e. The predicted molar refractivity (Wildman–Crippen MR) is 147 cm³/mol. The molecule has 1 aliphatic rings. The van der Waals surface area contributed by atoms with Gasteiger partial charge in [-0.25, -0.2) is 16.8 Å². The van der Waals surface area contributed by atoms with Crippen LogP contribution in [-0.2, 0) is 26.1 Å². The van der Waals surface area contributed by atoms with Gasteiger partial charge in [0.05, 0.1) is 17.1 Å². The maximum atomic E-state index is 11.9. The van der Waals surface area contributed by atoms with Crippen molar-refractivity contribution in [3.63, 3.8) is 0 Å². The van der Waals surface area contributed by atoms with Crippen molar-refractivity contribution >= 4 is 64.3 Å². The van der Waals surface area contributed by atoms with Crippen LogP contribution < -0.4 is 65.6 Å². The molecule has 0 saturated carbocycles. The summed E-state index contributed by atoms with van der Waals surface area (Å²) in [6, 6.07) is 25.7. The normalized spacial score (nSPS) is 14.3. The molecule has 0 radical (unpaired) electrons. The Morgan fingerprint density at radius 3 is 2.30 bits per heavy atom. The number of benzene rings is 4. The van der Waals surface area contributed by atoms with Gasteiger partial charge < -0.3 is 13.8 Å². The van der Waals surface area contributed by atoms with Gasteiger partial charge in [0.1, 0.15) is 20.7 Å². The monoisotopic (exact) mass is 618 g/mol. The van der Waals surface area contributed by atoms with E-state index < -0.39 is 32.0 Å². The molecular formula is C27H19KN2O7S3. The van der Waals surface area contributed by atoms with Crippen LogP contribution in [0.15, 0.2) is 90.8 Å². The van der Waals surface area contributed by atoms with E-state index in [0.717, 1.165) is 21.9 Å². The summed E-state index contributed by atoms with van der Waals surface area (Å²) in [6.07, 6.45) is 1.46. The first-order valence-electron chi connectivity index (χ1n) is 11.6. The third-order valence-electron chi connectivity index (χ3n) is 6.27. The fourth-order valence-electron chi connectivity index (χ4n) is 4.68. The largest absolute Gasteiger partial charge is 1.00 e. The molecule has 40 heavy (non-hydrogen) atoms. The Hall–Kier alpha value is -2.17. The molecule has 0 N–H and O–H groups in total. The van der Waals surface area contributed by atoms with E-state index in [-0.39, 0.29) is 57.3 Å². The van der Waals surface area contributed by atoms with Crippen molar-refractivity contribution in [3.05, 3.63) is 95.8 Å². The van der Waals surface area contributed by atoms with Gasteiger partial charge in [-0.1, -0.05) is 72.0 Å². The zero-order chi connectivity index (χ0) is 27.4. The summed E-state index contributed by atoms with van der Waals surface area (Å²) < 4.78 is 79.5. The molecule has 0 saturated heterocycles. The molecule has 13 heteroatoms. The van der Waals surface area contributed by atoms with Gasteiger partial charge in [-0.15, -0.1) is 0 Å². The van der Waals surface area contributed by atoms with Crippen LogP contribution in [0.2, 0.25) is 0 Å². The Morgan fingerprint density at radius 2 is 1.57 bits per heavy atom. The number of anilines is 1. The molecule has 0 bridgehead atoms. The first-order chi connectivity index (χ1) is 18.6. The number of rotatable bonds is 6. The molecule has 0 aliphatic carbocycles. The number of hydrogen-bond donors (Lipinski definition) is 0. The average molecular weight is 619 g/mol. The van der Waals surface area contributed by atoms with Crippen molar-refractivity contribution in [2.75, 3.05) is 10.8 Å². The average Bonchev–Trinajstić information content (AvgIpc) is 3.40. The van der Waals surface area contributed by atoms with Crippen LogP contribution >= 0.6 is 11.3 Å². The molecule has 0 atom stereocenters. The van der Waals surface area contributed by atoms with Gasteiger partial charge >= 0.3 is 51.4 Å². The summed E-state index contributed by atoms with van der Waals surface area (Å²) in [5.74, 6) is -1.40. The van der Waals surface area contributed by atoms with Crippen LogP contribution in [0.4, 0.5) is 5.69 Å². The van der Waals surface area contributed by atoms with Gasteiger partial charge in [-0.3, -0.25) is 4.90 Å². The second-order valence-corrected chi connectivity index (χ2v) is 12.7. The van der Waals surface area contributed by atoms with Crippen molar-refractivity contribution in [1.82, 2.24) is 0 Å². The zero-order valence-electron chi connectivity index (χ0n) is 21.1. The Morgan fingerprint density at radius 1 is 0.850 bits per heavy atom. The summed E-state index contributed by atoms with van der Waals surface area (Å²) in [7, 11) is -9.44. The molecule has 2 heterocycles. The fraction of sp³-hybridized carbons (Fsp3) is 0.0741. The molecule has 4 aromatic carbocycles. The third-order valence-corrected chi connectivity index (χ3v) is 8.52. The first-order valence-corrected chi connectivity index (χ1v) is 15.6. The smallest absolute Gasteiger partial charge is 0.747 e. The van der Waals surface area contributed by atoms with Crippen molar-refractivity contribution in [1.29, 1.82) is 0 Å². The van der Waals surface area contributed by atoms with E-state index in [1.54, 1.807) is 12.1 Å². The van der Waals surface area contributed by atoms with Gasteiger partial charge in [0.2, 0.25) is 17.3 Å². The molecular weight excluding hydrogens is 600 g/mol. The molecule has 0 spiro atoms. The van der Waals surface area contributed by atoms with Gasteiger partial charge in [-0.2, -0.15) is 4.57 Å². The van der Waals surface area contributed by atoms with Crippen LogP contribution in [0.1, 0.15) is 5.01 Å². The van der Waals surface area contributed by atoms with Crippen LogP contribution in [0.3, 0.4) is 0 Å². The number of hydrogen-bond acceptors (Lipinski definition) is 9. The van der Waals surface area contributed by atoms with E-state index in [0.29, 0.717) is 26.7 Å². The predicted octanol–water partition coefficient (Wildman–Crippen LogP) is 1.22. The van der Waals surface area contributed by atoms with Crippen LogP contribution in [0.25, 0.3) is 38.2 Å². The number of aromatic nitrogens is 1. The molecule has 198 valence electrons. The van der Waals surface area contributed by atoms with Crippen molar-refractivity contribution < 1.29 is 86.6 Å². The molecule has 6 rings (SSSR count). The maximum Gasteiger partial charge on any atom is 1.00 e. The quantitative estimate of drug-likeness (QED) is 0.158. The van der Waals surface area contributed by atoms with Gasteiger partial charge in [0.15, 0.2) is 15.9 Å². The topological polar surface area (TPSA) is 131 Å². The molecule has 1 aromatic heterocycles. The summed E-state index contributed by atoms with van der Waals surface area (Å²) in [5, 5.41) is 1.94. The number of ether oxygens (including phenoxy) is 1. The van der Waals surface area contributed by atoms with Gasteiger partial charge in [0.25, 0.3) is 5.01 Å². The van der Waals surface area contributed by atoms with E-state index in [1.165, 1.54) is 26.9 Å². The molecule has 9 nitrogen and oxygen atoms in total. The van der Waals surface area contributed by atoms with Crippen molar-refractivity contribution in [2.24, 2.45) is 0 Å². The molecule has 0 amide bonds. The maximum absolute atomic E-state index is 11.9. The minimum absolute atomic E-state index is 0. The van der Waals surface area contributed by atoms with E-state index in [2.05, 4.69) is 0 Å².